The molecular formula is C16H14F2O2. The first-order valence-corrected chi connectivity index (χ1v) is 6.30. The van der Waals surface area contributed by atoms with Crippen LogP contribution in [0.5, 0.6) is 5.75 Å². The Labute approximate surface area is 116 Å². The van der Waals surface area contributed by atoms with Crippen molar-refractivity contribution in [3.63, 3.8) is 0 Å². The Morgan fingerprint density at radius 2 is 1.80 bits per heavy atom. The van der Waals surface area contributed by atoms with Crippen LogP contribution in [0.1, 0.15) is 22.8 Å². The summed E-state index contributed by atoms with van der Waals surface area (Å²) in [5.74, 6) is -2.62. The molecule has 0 atom stereocenters. The molecule has 2 nitrogen and oxygen atoms in total. The van der Waals surface area contributed by atoms with Crippen LogP contribution >= 0.6 is 0 Å². The highest BCUT2D eigenvalue weighted by Gasteiger charge is 2.11. The molecule has 0 spiro atoms. The number of carbonyl (C=O) groups excluding carboxylic acids is 1. The second kappa shape index (κ2) is 6.28. The van der Waals surface area contributed by atoms with Crippen molar-refractivity contribution in [3.05, 3.63) is 65.2 Å². The molecule has 0 aliphatic heterocycles. The summed E-state index contributed by atoms with van der Waals surface area (Å²) in [6.07, 6.45) is 0.888. The van der Waals surface area contributed by atoms with Crippen molar-refractivity contribution >= 4 is 5.78 Å². The molecule has 0 saturated carbocycles. The first-order chi connectivity index (χ1) is 9.61. The van der Waals surface area contributed by atoms with Crippen LogP contribution in [0, 0.1) is 11.6 Å². The van der Waals surface area contributed by atoms with Crippen LogP contribution in [0.15, 0.2) is 42.5 Å². The van der Waals surface area contributed by atoms with Crippen LogP contribution in [0.25, 0.3) is 0 Å². The number of Topliss-reactive ketones (excluding diaryl/α,β-unsaturated/α-hetero) is 1. The minimum Gasteiger partial charge on any atom is -0.482 e. The fraction of sp³-hybridized carbons (Fsp3) is 0.188. The third-order valence-electron chi connectivity index (χ3n) is 2.96. The lowest BCUT2D eigenvalue weighted by atomic mass is 10.1. The Hall–Kier alpha value is -2.23. The predicted molar refractivity (Wildman–Crippen MR) is 72.0 cm³/mol. The van der Waals surface area contributed by atoms with Gasteiger partial charge in [0.25, 0.3) is 0 Å². The molecule has 0 radical (unpaired) electrons. The van der Waals surface area contributed by atoms with Gasteiger partial charge >= 0.3 is 0 Å². The van der Waals surface area contributed by atoms with Crippen molar-refractivity contribution in [3.8, 4) is 5.75 Å². The first-order valence-electron chi connectivity index (χ1n) is 6.30. The molecule has 104 valence electrons. The Morgan fingerprint density at radius 3 is 2.45 bits per heavy atom. The maximum atomic E-state index is 13.3. The Balaban J connectivity index is 2.02. The molecule has 0 amide bonds. The smallest absolute Gasteiger partial charge is 0.200 e. The highest BCUT2D eigenvalue weighted by molar-refractivity contribution is 5.97. The van der Waals surface area contributed by atoms with Gasteiger partial charge in [0, 0.05) is 5.56 Å². The number of carbonyl (C=O) groups is 1. The molecular weight excluding hydrogens is 262 g/mol. The maximum absolute atomic E-state index is 13.3. The lowest BCUT2D eigenvalue weighted by Crippen LogP contribution is -2.12. The zero-order valence-corrected chi connectivity index (χ0v) is 11.0. The molecule has 0 N–H and O–H groups in total. The average molecular weight is 276 g/mol. The number of aryl methyl sites for hydroxylation is 1. The van der Waals surface area contributed by atoms with Crippen LogP contribution in [0.3, 0.4) is 0 Å². The van der Waals surface area contributed by atoms with Gasteiger partial charge in [-0.2, -0.15) is 4.39 Å². The second-order valence-corrected chi connectivity index (χ2v) is 4.31. The molecule has 20 heavy (non-hydrogen) atoms. The van der Waals surface area contributed by atoms with E-state index in [1.807, 2.05) is 19.1 Å². The van der Waals surface area contributed by atoms with Gasteiger partial charge in [0.1, 0.15) is 0 Å². The number of hydrogen-bond acceptors (Lipinski definition) is 2. The maximum Gasteiger partial charge on any atom is 0.200 e. The second-order valence-electron chi connectivity index (χ2n) is 4.31. The fourth-order valence-corrected chi connectivity index (χ4v) is 1.75. The summed E-state index contributed by atoms with van der Waals surface area (Å²) in [4.78, 5) is 11.9. The van der Waals surface area contributed by atoms with Crippen molar-refractivity contribution in [2.24, 2.45) is 0 Å². The Kier molecular flexibility index (Phi) is 4.45. The molecule has 0 aliphatic carbocycles. The van der Waals surface area contributed by atoms with E-state index in [0.717, 1.165) is 18.1 Å². The topological polar surface area (TPSA) is 26.3 Å². The molecule has 0 aromatic heterocycles. The largest absolute Gasteiger partial charge is 0.482 e. The van der Waals surface area contributed by atoms with E-state index in [1.54, 1.807) is 12.1 Å². The van der Waals surface area contributed by atoms with E-state index >= 15 is 0 Å². The SMILES string of the molecule is CCc1ccc(C(=O)COc2cccc(F)c2F)cc1. The van der Waals surface area contributed by atoms with E-state index in [0.29, 0.717) is 5.56 Å². The van der Waals surface area contributed by atoms with E-state index in [9.17, 15) is 13.6 Å². The number of ketones is 1. The summed E-state index contributed by atoms with van der Waals surface area (Å²) in [5, 5.41) is 0. The quantitative estimate of drug-likeness (QED) is 0.777. The number of halogens is 2. The third kappa shape index (κ3) is 3.20. The number of ether oxygens (including phenoxy) is 1. The van der Waals surface area contributed by atoms with Crippen LogP contribution < -0.4 is 4.74 Å². The summed E-state index contributed by atoms with van der Waals surface area (Å²) in [5.41, 5.74) is 1.61. The molecule has 0 unspecified atom stereocenters. The molecule has 2 aromatic rings. The van der Waals surface area contributed by atoms with Gasteiger partial charge in [-0.25, -0.2) is 4.39 Å². The molecule has 2 rings (SSSR count). The van der Waals surface area contributed by atoms with Gasteiger partial charge in [-0.05, 0) is 24.1 Å². The van der Waals surface area contributed by atoms with Gasteiger partial charge < -0.3 is 4.74 Å². The van der Waals surface area contributed by atoms with Crippen LogP contribution in [0.4, 0.5) is 8.78 Å². The number of hydrogen-bond donors (Lipinski definition) is 0. The van der Waals surface area contributed by atoms with E-state index < -0.39 is 11.6 Å². The van der Waals surface area contributed by atoms with Gasteiger partial charge in [-0.1, -0.05) is 37.3 Å². The van der Waals surface area contributed by atoms with E-state index in [2.05, 4.69) is 0 Å². The zero-order valence-electron chi connectivity index (χ0n) is 11.0. The van der Waals surface area contributed by atoms with Gasteiger partial charge in [0.2, 0.25) is 5.82 Å². The fourth-order valence-electron chi connectivity index (χ4n) is 1.75. The normalized spacial score (nSPS) is 10.3. The molecule has 0 aliphatic rings. The summed E-state index contributed by atoms with van der Waals surface area (Å²) in [7, 11) is 0. The standard InChI is InChI=1S/C16H14F2O2/c1-2-11-6-8-12(9-7-11)14(19)10-20-15-5-3-4-13(17)16(15)18/h3-9H,2,10H2,1H3. The molecule has 0 saturated heterocycles. The van der Waals surface area contributed by atoms with E-state index in [-0.39, 0.29) is 18.1 Å². The Bertz CT molecular complexity index is 606. The van der Waals surface area contributed by atoms with Gasteiger partial charge in [-0.15, -0.1) is 0 Å². The van der Waals surface area contributed by atoms with E-state index in [4.69, 9.17) is 4.74 Å². The summed E-state index contributed by atoms with van der Waals surface area (Å²) < 4.78 is 31.3. The third-order valence-corrected chi connectivity index (χ3v) is 2.96. The number of benzene rings is 2. The predicted octanol–water partition coefficient (Wildman–Crippen LogP) is 3.79. The Morgan fingerprint density at radius 1 is 1.10 bits per heavy atom. The van der Waals surface area contributed by atoms with Crippen molar-refractivity contribution in [1.29, 1.82) is 0 Å². The van der Waals surface area contributed by atoms with Crippen LogP contribution in [0.2, 0.25) is 0 Å². The highest BCUT2D eigenvalue weighted by atomic mass is 19.2. The van der Waals surface area contributed by atoms with Crippen molar-refractivity contribution in [2.75, 3.05) is 6.61 Å². The van der Waals surface area contributed by atoms with Gasteiger partial charge in [0.05, 0.1) is 0 Å². The average Bonchev–Trinajstić information content (AvgIpc) is 2.48. The van der Waals surface area contributed by atoms with Crippen molar-refractivity contribution < 1.29 is 18.3 Å². The van der Waals surface area contributed by atoms with Gasteiger partial charge in [0.15, 0.2) is 24.0 Å². The molecule has 0 fully saturated rings. The lowest BCUT2D eigenvalue weighted by Gasteiger charge is -2.07. The van der Waals surface area contributed by atoms with Crippen molar-refractivity contribution in [2.45, 2.75) is 13.3 Å². The summed E-state index contributed by atoms with van der Waals surface area (Å²) in [6, 6.07) is 10.7. The minimum atomic E-state index is -1.08. The van der Waals surface area contributed by atoms with Gasteiger partial charge in [-0.3, -0.25) is 4.79 Å². The lowest BCUT2D eigenvalue weighted by molar-refractivity contribution is 0.0918. The summed E-state index contributed by atoms with van der Waals surface area (Å²) in [6.45, 7) is 1.69. The summed E-state index contributed by atoms with van der Waals surface area (Å²) >= 11 is 0. The van der Waals surface area contributed by atoms with Crippen LogP contribution in [-0.2, 0) is 6.42 Å². The first kappa shape index (κ1) is 14.2. The minimum absolute atomic E-state index is 0.261. The number of rotatable bonds is 5. The van der Waals surface area contributed by atoms with Crippen molar-refractivity contribution in [1.82, 2.24) is 0 Å². The molecule has 2 aromatic carbocycles. The zero-order chi connectivity index (χ0) is 14.5. The molecule has 0 bridgehead atoms. The monoisotopic (exact) mass is 276 g/mol. The van der Waals surface area contributed by atoms with E-state index in [1.165, 1.54) is 12.1 Å². The van der Waals surface area contributed by atoms with Crippen LogP contribution in [-0.4, -0.2) is 12.4 Å². The highest BCUT2D eigenvalue weighted by Crippen LogP contribution is 2.19. The molecule has 0 heterocycles. The molecule has 4 heteroatoms.